The molecule has 0 bridgehead atoms. The van der Waals surface area contributed by atoms with Gasteiger partial charge < -0.3 is 4.74 Å². The van der Waals surface area contributed by atoms with Crippen LogP contribution in [-0.2, 0) is 16.1 Å². The van der Waals surface area contributed by atoms with Crippen molar-refractivity contribution >= 4 is 5.97 Å². The highest BCUT2D eigenvalue weighted by atomic mass is 16.5. The summed E-state index contributed by atoms with van der Waals surface area (Å²) < 4.78 is 4.85. The van der Waals surface area contributed by atoms with E-state index < -0.39 is 0 Å². The van der Waals surface area contributed by atoms with Gasteiger partial charge in [-0.1, -0.05) is 0 Å². The highest BCUT2D eigenvalue weighted by Crippen LogP contribution is 1.97. The Labute approximate surface area is 95.5 Å². The molecule has 88 valence electrons. The molecule has 0 saturated carbocycles. The topological polar surface area (TPSA) is 55.3 Å². The Bertz CT molecular complexity index is 316. The number of hydrogen-bond donors (Lipinski definition) is 0. The van der Waals surface area contributed by atoms with E-state index in [0.29, 0.717) is 26.1 Å². The Morgan fingerprint density at radius 2 is 2.12 bits per heavy atom. The molecule has 0 spiro atoms. The SMILES string of the molecule is CCOC(=O)CCN(C)Cc1ncccn1. The number of aromatic nitrogens is 2. The molecule has 0 fully saturated rings. The van der Waals surface area contributed by atoms with Crippen molar-refractivity contribution in [3.05, 3.63) is 24.3 Å². The van der Waals surface area contributed by atoms with Crippen LogP contribution in [0.3, 0.4) is 0 Å². The van der Waals surface area contributed by atoms with Crippen LogP contribution in [0.1, 0.15) is 19.2 Å². The molecule has 16 heavy (non-hydrogen) atoms. The normalized spacial score (nSPS) is 10.4. The standard InChI is InChI=1S/C11H17N3O2/c1-3-16-11(15)5-8-14(2)9-10-12-6-4-7-13-10/h4,6-7H,3,5,8-9H2,1-2H3. The van der Waals surface area contributed by atoms with Gasteiger partial charge in [-0.2, -0.15) is 0 Å². The largest absolute Gasteiger partial charge is 0.466 e. The predicted octanol–water partition coefficient (Wildman–Crippen LogP) is 0.862. The summed E-state index contributed by atoms with van der Waals surface area (Å²) in [7, 11) is 1.93. The second kappa shape index (κ2) is 6.90. The van der Waals surface area contributed by atoms with Gasteiger partial charge >= 0.3 is 5.97 Å². The second-order valence-electron chi connectivity index (χ2n) is 3.46. The van der Waals surface area contributed by atoms with Gasteiger partial charge in [-0.05, 0) is 20.0 Å². The zero-order valence-corrected chi connectivity index (χ0v) is 9.72. The van der Waals surface area contributed by atoms with Crippen molar-refractivity contribution in [2.75, 3.05) is 20.2 Å². The summed E-state index contributed by atoms with van der Waals surface area (Å²) in [6.45, 7) is 3.53. The van der Waals surface area contributed by atoms with Crippen molar-refractivity contribution in [1.82, 2.24) is 14.9 Å². The zero-order chi connectivity index (χ0) is 11.8. The number of carbonyl (C=O) groups excluding carboxylic acids is 1. The molecule has 1 rings (SSSR count). The summed E-state index contributed by atoms with van der Waals surface area (Å²) in [5.74, 6) is 0.595. The van der Waals surface area contributed by atoms with Crippen LogP contribution in [0.4, 0.5) is 0 Å². The van der Waals surface area contributed by atoms with E-state index in [2.05, 4.69) is 9.97 Å². The van der Waals surface area contributed by atoms with E-state index in [1.165, 1.54) is 0 Å². The van der Waals surface area contributed by atoms with Crippen LogP contribution in [0, 0.1) is 0 Å². The first-order chi connectivity index (χ1) is 7.72. The Morgan fingerprint density at radius 3 is 2.75 bits per heavy atom. The molecule has 0 aliphatic heterocycles. The minimum Gasteiger partial charge on any atom is -0.466 e. The third-order valence-electron chi connectivity index (χ3n) is 2.03. The van der Waals surface area contributed by atoms with Gasteiger partial charge in [0.05, 0.1) is 19.6 Å². The summed E-state index contributed by atoms with van der Waals surface area (Å²) in [4.78, 5) is 21.3. The fourth-order valence-corrected chi connectivity index (χ4v) is 1.25. The van der Waals surface area contributed by atoms with E-state index in [-0.39, 0.29) is 5.97 Å². The first kappa shape index (κ1) is 12.6. The summed E-state index contributed by atoms with van der Waals surface area (Å²) in [5.41, 5.74) is 0. The molecule has 1 aromatic rings. The molecule has 1 aromatic heterocycles. The Balaban J connectivity index is 2.26. The molecule has 0 radical (unpaired) electrons. The van der Waals surface area contributed by atoms with Crippen LogP contribution < -0.4 is 0 Å². The predicted molar refractivity (Wildman–Crippen MR) is 59.6 cm³/mol. The van der Waals surface area contributed by atoms with Crippen LogP contribution >= 0.6 is 0 Å². The van der Waals surface area contributed by atoms with Crippen molar-refractivity contribution in [3.63, 3.8) is 0 Å². The van der Waals surface area contributed by atoms with Gasteiger partial charge in [-0.15, -0.1) is 0 Å². The fraction of sp³-hybridized carbons (Fsp3) is 0.545. The van der Waals surface area contributed by atoms with Crippen LogP contribution in [0.2, 0.25) is 0 Å². The molecule has 0 atom stereocenters. The molecule has 0 aromatic carbocycles. The lowest BCUT2D eigenvalue weighted by molar-refractivity contribution is -0.143. The van der Waals surface area contributed by atoms with Crippen molar-refractivity contribution < 1.29 is 9.53 Å². The maximum atomic E-state index is 11.1. The number of hydrogen-bond acceptors (Lipinski definition) is 5. The molecule has 1 heterocycles. The van der Waals surface area contributed by atoms with Gasteiger partial charge in [0.15, 0.2) is 0 Å². The Hall–Kier alpha value is -1.49. The summed E-state index contributed by atoms with van der Waals surface area (Å²) in [6, 6.07) is 1.78. The highest BCUT2D eigenvalue weighted by Gasteiger charge is 2.06. The van der Waals surface area contributed by atoms with Crippen molar-refractivity contribution in [1.29, 1.82) is 0 Å². The lowest BCUT2D eigenvalue weighted by Crippen LogP contribution is -2.23. The average Bonchev–Trinajstić information content (AvgIpc) is 2.28. The van der Waals surface area contributed by atoms with Gasteiger partial charge in [0.2, 0.25) is 0 Å². The summed E-state index contributed by atoms with van der Waals surface area (Å²) in [5, 5.41) is 0. The maximum Gasteiger partial charge on any atom is 0.307 e. The quantitative estimate of drug-likeness (QED) is 0.669. The fourth-order valence-electron chi connectivity index (χ4n) is 1.25. The lowest BCUT2D eigenvalue weighted by Gasteiger charge is -2.14. The Kier molecular flexibility index (Phi) is 5.42. The maximum absolute atomic E-state index is 11.1. The summed E-state index contributed by atoms with van der Waals surface area (Å²) in [6.07, 6.45) is 3.82. The van der Waals surface area contributed by atoms with Gasteiger partial charge in [-0.3, -0.25) is 9.69 Å². The van der Waals surface area contributed by atoms with E-state index in [1.54, 1.807) is 25.4 Å². The van der Waals surface area contributed by atoms with Gasteiger partial charge in [0.1, 0.15) is 5.82 Å². The molecule has 0 N–H and O–H groups in total. The lowest BCUT2D eigenvalue weighted by atomic mass is 10.4. The van der Waals surface area contributed by atoms with Crippen molar-refractivity contribution in [2.24, 2.45) is 0 Å². The first-order valence-corrected chi connectivity index (χ1v) is 5.32. The van der Waals surface area contributed by atoms with E-state index in [1.807, 2.05) is 11.9 Å². The number of carbonyl (C=O) groups is 1. The van der Waals surface area contributed by atoms with E-state index in [4.69, 9.17) is 4.74 Å². The van der Waals surface area contributed by atoms with Crippen LogP contribution in [0.5, 0.6) is 0 Å². The van der Waals surface area contributed by atoms with E-state index in [9.17, 15) is 4.79 Å². The average molecular weight is 223 g/mol. The summed E-state index contributed by atoms with van der Waals surface area (Å²) >= 11 is 0. The van der Waals surface area contributed by atoms with Crippen LogP contribution in [0.15, 0.2) is 18.5 Å². The molecule has 5 nitrogen and oxygen atoms in total. The monoisotopic (exact) mass is 223 g/mol. The number of esters is 1. The molecule has 0 aliphatic rings. The molecular weight excluding hydrogens is 206 g/mol. The molecule has 0 aliphatic carbocycles. The Morgan fingerprint density at radius 1 is 1.44 bits per heavy atom. The van der Waals surface area contributed by atoms with E-state index in [0.717, 1.165) is 5.82 Å². The minimum atomic E-state index is -0.164. The number of nitrogens with zero attached hydrogens (tertiary/aromatic N) is 3. The third-order valence-corrected chi connectivity index (χ3v) is 2.03. The minimum absolute atomic E-state index is 0.164. The highest BCUT2D eigenvalue weighted by molar-refractivity contribution is 5.69. The number of ether oxygens (including phenoxy) is 1. The molecule has 5 heteroatoms. The first-order valence-electron chi connectivity index (χ1n) is 5.32. The third kappa shape index (κ3) is 4.84. The molecule has 0 amide bonds. The van der Waals surface area contributed by atoms with Gasteiger partial charge in [-0.25, -0.2) is 9.97 Å². The van der Waals surface area contributed by atoms with Crippen molar-refractivity contribution in [2.45, 2.75) is 19.9 Å². The van der Waals surface area contributed by atoms with Crippen molar-refractivity contribution in [3.8, 4) is 0 Å². The van der Waals surface area contributed by atoms with Crippen LogP contribution in [0.25, 0.3) is 0 Å². The molecular formula is C11H17N3O2. The molecule has 0 saturated heterocycles. The van der Waals surface area contributed by atoms with Gasteiger partial charge in [0.25, 0.3) is 0 Å². The molecule has 0 unspecified atom stereocenters. The smallest absolute Gasteiger partial charge is 0.307 e. The second-order valence-corrected chi connectivity index (χ2v) is 3.46. The number of rotatable bonds is 6. The van der Waals surface area contributed by atoms with Crippen LogP contribution in [-0.4, -0.2) is 41.0 Å². The van der Waals surface area contributed by atoms with Gasteiger partial charge in [0, 0.05) is 18.9 Å². The van der Waals surface area contributed by atoms with E-state index >= 15 is 0 Å². The zero-order valence-electron chi connectivity index (χ0n) is 9.72.